The number of nitrogens with two attached hydrogens (primary N) is 1. The molecule has 1 aliphatic carbocycles. The van der Waals surface area contributed by atoms with Crippen LogP contribution in [0.2, 0.25) is 0 Å². The van der Waals surface area contributed by atoms with Gasteiger partial charge in [-0.05, 0) is 32.1 Å². The van der Waals surface area contributed by atoms with E-state index in [4.69, 9.17) is 10.3 Å². The van der Waals surface area contributed by atoms with Gasteiger partial charge in [-0.25, -0.2) is 0 Å². The lowest BCUT2D eigenvalue weighted by molar-refractivity contribution is 0.370. The maximum atomic E-state index is 5.76. The van der Waals surface area contributed by atoms with Gasteiger partial charge in [0.2, 0.25) is 0 Å². The Morgan fingerprint density at radius 1 is 1.64 bits per heavy atom. The topological polar surface area (TPSA) is 52.0 Å². The number of hydrogen-bond donors (Lipinski definition) is 1. The number of rotatable bonds is 2. The molecule has 2 N–H and O–H groups in total. The van der Waals surface area contributed by atoms with E-state index in [0.29, 0.717) is 0 Å². The summed E-state index contributed by atoms with van der Waals surface area (Å²) >= 11 is 0. The maximum Gasteiger partial charge on any atom is 0.141 e. The van der Waals surface area contributed by atoms with Gasteiger partial charge in [-0.1, -0.05) is 12.1 Å². The third-order valence-electron chi connectivity index (χ3n) is 2.88. The summed E-state index contributed by atoms with van der Waals surface area (Å²) in [4.78, 5) is 0. The van der Waals surface area contributed by atoms with Gasteiger partial charge in [-0.15, -0.1) is 0 Å². The predicted octanol–water partition coefficient (Wildman–Crippen LogP) is 1.69. The minimum absolute atomic E-state index is 0.157. The van der Waals surface area contributed by atoms with Gasteiger partial charge in [0.15, 0.2) is 0 Å². The lowest BCUT2D eigenvalue weighted by Crippen LogP contribution is -2.19. The maximum absolute atomic E-state index is 5.76. The van der Waals surface area contributed by atoms with Gasteiger partial charge in [0, 0.05) is 18.0 Å². The molecule has 0 radical (unpaired) electrons. The summed E-state index contributed by atoms with van der Waals surface area (Å²) in [6.45, 7) is 4.28. The molecule has 78 valence electrons. The minimum atomic E-state index is 0.157. The molecule has 2 atom stereocenters. The molecule has 1 aliphatic rings. The standard InChI is InChI=1S/C11H18N2O/c1-7-3-4-10-9(5-7)11(14-13-10)6-8(2)12/h7-8H,3-6,12H2,1-2H3. The number of aromatic nitrogens is 1. The van der Waals surface area contributed by atoms with E-state index in [1.807, 2.05) is 6.92 Å². The zero-order valence-electron chi connectivity index (χ0n) is 8.92. The molecule has 3 heteroatoms. The fraction of sp³-hybridized carbons (Fsp3) is 0.727. The van der Waals surface area contributed by atoms with Gasteiger partial charge in [-0.2, -0.15) is 0 Å². The highest BCUT2D eigenvalue weighted by Gasteiger charge is 2.23. The van der Waals surface area contributed by atoms with Crippen LogP contribution in [0.4, 0.5) is 0 Å². The average molecular weight is 194 g/mol. The molecule has 1 aromatic heterocycles. The first-order valence-electron chi connectivity index (χ1n) is 5.38. The van der Waals surface area contributed by atoms with Crippen LogP contribution >= 0.6 is 0 Å². The largest absolute Gasteiger partial charge is 0.361 e. The van der Waals surface area contributed by atoms with Crippen LogP contribution in [0.1, 0.15) is 37.3 Å². The molecular formula is C11H18N2O. The van der Waals surface area contributed by atoms with Crippen molar-refractivity contribution in [2.45, 2.75) is 45.6 Å². The first kappa shape index (κ1) is 9.71. The highest BCUT2D eigenvalue weighted by atomic mass is 16.5. The van der Waals surface area contributed by atoms with Crippen LogP contribution in [0.3, 0.4) is 0 Å². The summed E-state index contributed by atoms with van der Waals surface area (Å²) in [7, 11) is 0. The SMILES string of the molecule is CC(N)Cc1onc2c1CC(C)CC2. The van der Waals surface area contributed by atoms with E-state index in [9.17, 15) is 0 Å². The van der Waals surface area contributed by atoms with Crippen LogP contribution in [-0.2, 0) is 19.3 Å². The molecule has 0 bridgehead atoms. The van der Waals surface area contributed by atoms with Crippen molar-refractivity contribution in [3.8, 4) is 0 Å². The Labute approximate surface area is 84.7 Å². The molecule has 0 saturated carbocycles. The summed E-state index contributed by atoms with van der Waals surface area (Å²) < 4.78 is 5.35. The zero-order valence-corrected chi connectivity index (χ0v) is 8.92. The van der Waals surface area contributed by atoms with Crippen LogP contribution in [0.25, 0.3) is 0 Å². The van der Waals surface area contributed by atoms with Gasteiger partial charge in [0.25, 0.3) is 0 Å². The number of fused-ring (bicyclic) bond motifs is 1. The second-order valence-corrected chi connectivity index (χ2v) is 4.56. The second kappa shape index (κ2) is 3.73. The van der Waals surface area contributed by atoms with Gasteiger partial charge >= 0.3 is 0 Å². The molecule has 3 nitrogen and oxygen atoms in total. The fourth-order valence-corrected chi connectivity index (χ4v) is 2.10. The molecule has 2 rings (SSSR count). The fourth-order valence-electron chi connectivity index (χ4n) is 2.10. The van der Waals surface area contributed by atoms with Gasteiger partial charge in [-0.3, -0.25) is 0 Å². The second-order valence-electron chi connectivity index (χ2n) is 4.56. The first-order chi connectivity index (χ1) is 6.66. The highest BCUT2D eigenvalue weighted by Crippen LogP contribution is 2.27. The quantitative estimate of drug-likeness (QED) is 0.779. The number of aryl methyl sites for hydroxylation is 1. The van der Waals surface area contributed by atoms with Crippen molar-refractivity contribution in [3.05, 3.63) is 17.0 Å². The molecule has 0 saturated heterocycles. The minimum Gasteiger partial charge on any atom is -0.361 e. The van der Waals surface area contributed by atoms with Crippen LogP contribution in [0.5, 0.6) is 0 Å². The van der Waals surface area contributed by atoms with E-state index >= 15 is 0 Å². The Bertz CT molecular complexity index is 317. The summed E-state index contributed by atoms with van der Waals surface area (Å²) in [5, 5.41) is 4.11. The van der Waals surface area contributed by atoms with Crippen molar-refractivity contribution >= 4 is 0 Å². The lowest BCUT2D eigenvalue weighted by Gasteiger charge is -2.17. The van der Waals surface area contributed by atoms with Crippen molar-refractivity contribution in [2.75, 3.05) is 0 Å². The third-order valence-corrected chi connectivity index (χ3v) is 2.88. The highest BCUT2D eigenvalue weighted by molar-refractivity contribution is 5.26. The Morgan fingerprint density at radius 3 is 3.14 bits per heavy atom. The molecule has 1 heterocycles. The van der Waals surface area contributed by atoms with E-state index in [2.05, 4.69) is 12.1 Å². The van der Waals surface area contributed by atoms with Crippen molar-refractivity contribution in [3.63, 3.8) is 0 Å². The number of hydrogen-bond acceptors (Lipinski definition) is 3. The van der Waals surface area contributed by atoms with Crippen molar-refractivity contribution in [2.24, 2.45) is 11.7 Å². The van der Waals surface area contributed by atoms with Gasteiger partial charge < -0.3 is 10.3 Å². The van der Waals surface area contributed by atoms with E-state index in [-0.39, 0.29) is 6.04 Å². The van der Waals surface area contributed by atoms with Crippen LogP contribution in [-0.4, -0.2) is 11.2 Å². The van der Waals surface area contributed by atoms with Crippen LogP contribution < -0.4 is 5.73 Å². The van der Waals surface area contributed by atoms with Crippen LogP contribution in [0, 0.1) is 5.92 Å². The average Bonchev–Trinajstić information content (AvgIpc) is 2.47. The van der Waals surface area contributed by atoms with Crippen molar-refractivity contribution in [1.82, 2.24) is 5.16 Å². The Hall–Kier alpha value is -0.830. The summed E-state index contributed by atoms with van der Waals surface area (Å²) in [5.41, 5.74) is 8.26. The van der Waals surface area contributed by atoms with E-state index in [1.165, 1.54) is 17.7 Å². The van der Waals surface area contributed by atoms with E-state index < -0.39 is 0 Å². The van der Waals surface area contributed by atoms with E-state index in [1.54, 1.807) is 0 Å². The molecule has 0 aromatic carbocycles. The summed E-state index contributed by atoms with van der Waals surface area (Å²) in [5.74, 6) is 1.77. The normalized spacial score (nSPS) is 23.2. The van der Waals surface area contributed by atoms with E-state index in [0.717, 1.165) is 30.9 Å². The molecular weight excluding hydrogens is 176 g/mol. The van der Waals surface area contributed by atoms with Crippen LogP contribution in [0.15, 0.2) is 4.52 Å². The number of nitrogens with zero attached hydrogens (tertiary/aromatic N) is 1. The Kier molecular flexibility index (Phi) is 2.59. The molecule has 1 aromatic rings. The Morgan fingerprint density at radius 2 is 2.43 bits per heavy atom. The van der Waals surface area contributed by atoms with Gasteiger partial charge in [0.1, 0.15) is 5.76 Å². The Balaban J connectivity index is 2.22. The molecule has 14 heavy (non-hydrogen) atoms. The molecule has 0 amide bonds. The summed E-state index contributed by atoms with van der Waals surface area (Å²) in [6.07, 6.45) is 4.23. The molecule has 0 fully saturated rings. The lowest BCUT2D eigenvalue weighted by atomic mass is 9.87. The monoisotopic (exact) mass is 194 g/mol. The van der Waals surface area contributed by atoms with Crippen molar-refractivity contribution in [1.29, 1.82) is 0 Å². The molecule has 2 unspecified atom stereocenters. The van der Waals surface area contributed by atoms with Crippen molar-refractivity contribution < 1.29 is 4.52 Å². The first-order valence-corrected chi connectivity index (χ1v) is 5.38. The molecule has 0 aliphatic heterocycles. The smallest absolute Gasteiger partial charge is 0.141 e. The van der Waals surface area contributed by atoms with Gasteiger partial charge in [0.05, 0.1) is 5.69 Å². The third kappa shape index (κ3) is 1.82. The predicted molar refractivity (Wildman–Crippen MR) is 55.0 cm³/mol. The molecule has 0 spiro atoms. The zero-order chi connectivity index (χ0) is 10.1. The summed E-state index contributed by atoms with van der Waals surface area (Å²) in [6, 6.07) is 0.157.